The maximum atomic E-state index is 12.2. The van der Waals surface area contributed by atoms with Gasteiger partial charge in [-0.15, -0.1) is 0 Å². The fraction of sp³-hybridized carbons (Fsp3) is 0.438. The monoisotopic (exact) mass is 345 g/mol. The summed E-state index contributed by atoms with van der Waals surface area (Å²) >= 11 is 3.44. The van der Waals surface area contributed by atoms with Crippen molar-refractivity contribution < 1.29 is 4.79 Å². The number of carbonyl (C=O) groups is 1. The zero-order valence-corrected chi connectivity index (χ0v) is 13.3. The molecule has 5 heteroatoms. The van der Waals surface area contributed by atoms with Crippen molar-refractivity contribution in [3.63, 3.8) is 0 Å². The van der Waals surface area contributed by atoms with Gasteiger partial charge in [0.2, 0.25) is 5.91 Å². The molecule has 1 aliphatic heterocycles. The Bertz CT molecular complexity index is 641. The van der Waals surface area contributed by atoms with E-state index >= 15 is 0 Å². The van der Waals surface area contributed by atoms with Gasteiger partial charge >= 0.3 is 0 Å². The molecule has 1 aromatic carbocycles. The molecule has 0 aromatic heterocycles. The maximum absolute atomic E-state index is 12.2. The minimum atomic E-state index is 0.172. The van der Waals surface area contributed by atoms with E-state index < -0.39 is 0 Å². The molecule has 1 saturated carbocycles. The zero-order valence-electron chi connectivity index (χ0n) is 11.7. The summed E-state index contributed by atoms with van der Waals surface area (Å²) in [4.78, 5) is 18.7. The van der Waals surface area contributed by atoms with Gasteiger partial charge in [0.1, 0.15) is 6.07 Å². The van der Waals surface area contributed by atoms with Crippen molar-refractivity contribution in [2.45, 2.75) is 38.1 Å². The Balaban J connectivity index is 1.85. The van der Waals surface area contributed by atoms with Crippen LogP contribution in [-0.2, 0) is 4.79 Å². The summed E-state index contributed by atoms with van der Waals surface area (Å²) in [5.74, 6) is 0.172. The van der Waals surface area contributed by atoms with E-state index in [0.717, 1.165) is 23.0 Å². The number of halogens is 1. The van der Waals surface area contributed by atoms with Gasteiger partial charge in [0, 0.05) is 16.2 Å². The predicted molar refractivity (Wildman–Crippen MR) is 84.5 cm³/mol. The van der Waals surface area contributed by atoms with Gasteiger partial charge in [0.25, 0.3) is 0 Å². The minimum absolute atomic E-state index is 0.172. The topological polar surface area (TPSA) is 56.5 Å². The van der Waals surface area contributed by atoms with Gasteiger partial charge in [0.15, 0.2) is 0 Å². The van der Waals surface area contributed by atoms with Crippen molar-refractivity contribution in [1.82, 2.24) is 4.90 Å². The lowest BCUT2D eigenvalue weighted by Gasteiger charge is -2.22. The van der Waals surface area contributed by atoms with Crippen LogP contribution in [0, 0.1) is 11.3 Å². The molecular weight excluding hydrogens is 330 g/mol. The smallest absolute Gasteiger partial charge is 0.228 e. The number of carbonyl (C=O) groups excluding carboxylic acids is 1. The third-order valence-corrected chi connectivity index (χ3v) is 4.81. The Hall–Kier alpha value is -1.67. The second-order valence-electron chi connectivity index (χ2n) is 5.56. The minimum Gasteiger partial charge on any atom is -0.334 e. The Labute approximate surface area is 132 Å². The largest absolute Gasteiger partial charge is 0.334 e. The summed E-state index contributed by atoms with van der Waals surface area (Å²) in [5.41, 5.74) is 2.02. The van der Waals surface area contributed by atoms with Crippen molar-refractivity contribution >= 4 is 33.2 Å². The molecule has 1 saturated heterocycles. The average molecular weight is 346 g/mol. The van der Waals surface area contributed by atoms with Crippen LogP contribution in [-0.4, -0.2) is 29.1 Å². The number of rotatable bonds is 2. The molecule has 0 unspecified atom stereocenters. The van der Waals surface area contributed by atoms with Crippen molar-refractivity contribution in [2.75, 3.05) is 6.54 Å². The quantitative estimate of drug-likeness (QED) is 0.822. The fourth-order valence-corrected chi connectivity index (χ4v) is 3.57. The van der Waals surface area contributed by atoms with E-state index in [9.17, 15) is 10.1 Å². The lowest BCUT2D eigenvalue weighted by atomic mass is 10.2. The first-order valence-corrected chi connectivity index (χ1v) is 8.03. The summed E-state index contributed by atoms with van der Waals surface area (Å²) in [6, 6.07) is 7.97. The summed E-state index contributed by atoms with van der Waals surface area (Å²) < 4.78 is 0.792. The second-order valence-corrected chi connectivity index (χ2v) is 6.42. The first kappa shape index (κ1) is 14.3. The van der Waals surface area contributed by atoms with Crippen LogP contribution in [0.3, 0.4) is 0 Å². The van der Waals surface area contributed by atoms with Crippen LogP contribution in [0.5, 0.6) is 0 Å². The third-order valence-electron chi connectivity index (χ3n) is 4.17. The highest BCUT2D eigenvalue weighted by Gasteiger charge is 2.33. The number of nitriles is 1. The van der Waals surface area contributed by atoms with E-state index in [2.05, 4.69) is 27.0 Å². The van der Waals surface area contributed by atoms with Gasteiger partial charge in [-0.2, -0.15) is 5.26 Å². The first-order chi connectivity index (χ1) is 10.2. The highest BCUT2D eigenvalue weighted by atomic mass is 79.9. The van der Waals surface area contributed by atoms with Gasteiger partial charge in [-0.05, 0) is 40.9 Å². The van der Waals surface area contributed by atoms with Crippen LogP contribution in [0.15, 0.2) is 27.7 Å². The zero-order chi connectivity index (χ0) is 14.8. The summed E-state index contributed by atoms with van der Waals surface area (Å²) in [6.45, 7) is 0.607. The Morgan fingerprint density at radius 2 is 2.10 bits per heavy atom. The summed E-state index contributed by atoms with van der Waals surface area (Å²) in [7, 11) is 0. The molecule has 108 valence electrons. The van der Waals surface area contributed by atoms with Crippen LogP contribution in [0.4, 0.5) is 5.69 Å². The van der Waals surface area contributed by atoms with Gasteiger partial charge in [-0.3, -0.25) is 9.79 Å². The Morgan fingerprint density at radius 3 is 2.81 bits per heavy atom. The molecule has 0 N–H and O–H groups in total. The number of para-hydroxylation sites is 1. The van der Waals surface area contributed by atoms with Crippen molar-refractivity contribution in [2.24, 2.45) is 4.99 Å². The predicted octanol–water partition coefficient (Wildman–Crippen LogP) is 3.57. The molecule has 2 aliphatic rings. The molecule has 4 nitrogen and oxygen atoms in total. The molecule has 3 rings (SSSR count). The van der Waals surface area contributed by atoms with Gasteiger partial charge in [-0.25, -0.2) is 0 Å². The van der Waals surface area contributed by atoms with Crippen molar-refractivity contribution in [3.05, 3.63) is 28.2 Å². The Morgan fingerprint density at radius 1 is 1.33 bits per heavy atom. The van der Waals surface area contributed by atoms with E-state index in [1.807, 2.05) is 17.0 Å². The van der Waals surface area contributed by atoms with Gasteiger partial charge in [0.05, 0.1) is 24.2 Å². The third kappa shape index (κ3) is 2.86. The number of likely N-dealkylation sites (tertiary alicyclic amines) is 1. The summed E-state index contributed by atoms with van der Waals surface area (Å²) in [5, 5.41) is 9.18. The Kier molecular flexibility index (Phi) is 4.07. The number of aliphatic imine (C=N–C) groups is 1. The molecule has 0 atom stereocenters. The number of nitrogens with zero attached hydrogens (tertiary/aromatic N) is 3. The normalized spacial score (nSPS) is 21.2. The molecule has 1 amide bonds. The SMILES string of the molecule is N#Cc1cccc(Br)c1N=C1CC(=O)N(C2CCCC2)C1. The maximum Gasteiger partial charge on any atom is 0.228 e. The van der Waals surface area contributed by atoms with E-state index in [4.69, 9.17) is 0 Å². The average Bonchev–Trinajstić information content (AvgIpc) is 3.10. The lowest BCUT2D eigenvalue weighted by molar-refractivity contribution is -0.129. The van der Waals surface area contributed by atoms with Crippen LogP contribution < -0.4 is 0 Å². The number of benzene rings is 1. The lowest BCUT2D eigenvalue weighted by Crippen LogP contribution is -2.34. The van der Waals surface area contributed by atoms with Gasteiger partial charge in [-0.1, -0.05) is 18.9 Å². The van der Waals surface area contributed by atoms with E-state index in [1.165, 1.54) is 12.8 Å². The van der Waals surface area contributed by atoms with Gasteiger partial charge < -0.3 is 4.90 Å². The van der Waals surface area contributed by atoms with E-state index in [-0.39, 0.29) is 5.91 Å². The first-order valence-electron chi connectivity index (χ1n) is 7.23. The molecule has 0 bridgehead atoms. The molecule has 1 aromatic rings. The highest BCUT2D eigenvalue weighted by molar-refractivity contribution is 9.10. The molecule has 2 fully saturated rings. The number of amides is 1. The van der Waals surface area contributed by atoms with Crippen molar-refractivity contribution in [3.8, 4) is 6.07 Å². The van der Waals surface area contributed by atoms with Crippen LogP contribution in [0.25, 0.3) is 0 Å². The number of hydrogen-bond donors (Lipinski definition) is 0. The highest BCUT2D eigenvalue weighted by Crippen LogP contribution is 2.31. The molecule has 21 heavy (non-hydrogen) atoms. The fourth-order valence-electron chi connectivity index (χ4n) is 3.12. The second kappa shape index (κ2) is 5.98. The molecule has 0 spiro atoms. The van der Waals surface area contributed by atoms with E-state index in [0.29, 0.717) is 30.3 Å². The van der Waals surface area contributed by atoms with E-state index in [1.54, 1.807) is 6.07 Å². The summed E-state index contributed by atoms with van der Waals surface area (Å²) in [6.07, 6.45) is 5.02. The number of hydrogen-bond acceptors (Lipinski definition) is 3. The van der Waals surface area contributed by atoms with Crippen LogP contribution >= 0.6 is 15.9 Å². The molecule has 1 heterocycles. The molecular formula is C16H16BrN3O. The molecule has 0 radical (unpaired) electrons. The van der Waals surface area contributed by atoms with Crippen LogP contribution in [0.2, 0.25) is 0 Å². The van der Waals surface area contributed by atoms with Crippen molar-refractivity contribution in [1.29, 1.82) is 5.26 Å². The molecule has 1 aliphatic carbocycles. The van der Waals surface area contributed by atoms with Crippen LogP contribution in [0.1, 0.15) is 37.7 Å². The standard InChI is InChI=1S/C16H16BrN3O/c17-14-7-3-4-11(9-18)16(14)19-12-8-15(21)20(10-12)13-5-1-2-6-13/h3-4,7,13H,1-2,5-6,8,10H2.